The zero-order valence-corrected chi connectivity index (χ0v) is 16.1. The van der Waals surface area contributed by atoms with E-state index in [-0.39, 0.29) is 11.4 Å². The number of benzene rings is 1. The predicted molar refractivity (Wildman–Crippen MR) is 104 cm³/mol. The Labute approximate surface area is 163 Å². The summed E-state index contributed by atoms with van der Waals surface area (Å²) >= 11 is 0. The fraction of sp³-hybridized carbons (Fsp3) is 0.476. The molecule has 0 spiro atoms. The van der Waals surface area contributed by atoms with Gasteiger partial charge in [-0.1, -0.05) is 31.4 Å². The van der Waals surface area contributed by atoms with Crippen LogP contribution < -0.4 is 10.7 Å². The molecule has 1 N–H and O–H groups in total. The van der Waals surface area contributed by atoms with Crippen LogP contribution in [0.5, 0.6) is 0 Å². The van der Waals surface area contributed by atoms with Crippen molar-refractivity contribution >= 4 is 5.91 Å². The van der Waals surface area contributed by atoms with Crippen LogP contribution in [-0.2, 0) is 4.74 Å². The summed E-state index contributed by atoms with van der Waals surface area (Å²) in [6.07, 6.45) is 6.92. The van der Waals surface area contributed by atoms with Crippen molar-refractivity contribution < 1.29 is 13.9 Å². The maximum absolute atomic E-state index is 14.1. The van der Waals surface area contributed by atoms with Gasteiger partial charge in [-0.25, -0.2) is 9.07 Å². The summed E-state index contributed by atoms with van der Waals surface area (Å²) in [4.78, 5) is 24.6. The molecule has 1 fully saturated rings. The molecular formula is C21H26FN3O3. The molecule has 1 aliphatic rings. The van der Waals surface area contributed by atoms with Crippen LogP contribution in [0.15, 0.2) is 35.1 Å². The Morgan fingerprint density at radius 1 is 1.29 bits per heavy atom. The minimum atomic E-state index is -0.562. The van der Waals surface area contributed by atoms with E-state index in [9.17, 15) is 14.0 Å². The minimum absolute atomic E-state index is 0.190. The zero-order valence-electron chi connectivity index (χ0n) is 16.1. The molecule has 3 rings (SSSR count). The molecule has 1 aliphatic carbocycles. The quantitative estimate of drug-likeness (QED) is 0.741. The Morgan fingerprint density at radius 3 is 2.79 bits per heavy atom. The van der Waals surface area contributed by atoms with Crippen LogP contribution >= 0.6 is 0 Å². The molecule has 1 amide bonds. The predicted octanol–water partition coefficient (Wildman–Crippen LogP) is 3.15. The van der Waals surface area contributed by atoms with Gasteiger partial charge in [-0.2, -0.15) is 5.10 Å². The first-order valence-corrected chi connectivity index (χ1v) is 9.82. The van der Waals surface area contributed by atoms with Crippen LogP contribution in [0.2, 0.25) is 0 Å². The molecule has 0 bridgehead atoms. The van der Waals surface area contributed by atoms with Crippen LogP contribution in [0, 0.1) is 12.7 Å². The van der Waals surface area contributed by atoms with E-state index in [2.05, 4.69) is 10.4 Å². The van der Waals surface area contributed by atoms with Crippen molar-refractivity contribution in [2.75, 3.05) is 13.2 Å². The van der Waals surface area contributed by atoms with E-state index in [0.29, 0.717) is 31.4 Å². The lowest BCUT2D eigenvalue weighted by Gasteiger charge is -2.21. The zero-order chi connectivity index (χ0) is 19.9. The summed E-state index contributed by atoms with van der Waals surface area (Å²) in [6, 6.07) is 7.38. The lowest BCUT2D eigenvalue weighted by atomic mass is 9.98. The summed E-state index contributed by atoms with van der Waals surface area (Å²) < 4.78 is 21.2. The molecular weight excluding hydrogens is 361 g/mol. The van der Waals surface area contributed by atoms with Crippen LogP contribution in [0.25, 0.3) is 5.69 Å². The molecule has 1 heterocycles. The first-order valence-electron chi connectivity index (χ1n) is 9.82. The highest BCUT2D eigenvalue weighted by Gasteiger charge is 2.17. The molecule has 6 nitrogen and oxygen atoms in total. The second-order valence-corrected chi connectivity index (χ2v) is 7.10. The fourth-order valence-electron chi connectivity index (χ4n) is 3.41. The summed E-state index contributed by atoms with van der Waals surface area (Å²) in [5.41, 5.74) is -0.0921. The number of nitrogens with zero attached hydrogens (tertiary/aromatic N) is 2. The molecule has 28 heavy (non-hydrogen) atoms. The molecule has 0 unspecified atom stereocenters. The SMILES string of the molecule is Cc1cc(=O)c(C(=O)NCCCOC2CCCCC2)nn1-c1ccccc1F. The van der Waals surface area contributed by atoms with Crippen molar-refractivity contribution in [3.05, 3.63) is 57.8 Å². The third kappa shape index (κ3) is 5.04. The number of hydrogen-bond donors (Lipinski definition) is 1. The number of aromatic nitrogens is 2. The van der Waals surface area contributed by atoms with E-state index in [4.69, 9.17) is 4.74 Å². The molecule has 0 radical (unpaired) electrons. The second-order valence-electron chi connectivity index (χ2n) is 7.10. The van der Waals surface area contributed by atoms with Crippen molar-refractivity contribution in [3.8, 4) is 5.69 Å². The molecule has 150 valence electrons. The molecule has 7 heteroatoms. The summed E-state index contributed by atoms with van der Waals surface area (Å²) in [7, 11) is 0. The highest BCUT2D eigenvalue weighted by Crippen LogP contribution is 2.20. The van der Waals surface area contributed by atoms with Gasteiger partial charge in [-0.05, 0) is 38.3 Å². The number of aryl methyl sites for hydroxylation is 1. The van der Waals surface area contributed by atoms with Gasteiger partial charge in [0.05, 0.1) is 6.10 Å². The number of nitrogens with one attached hydrogen (secondary N) is 1. The minimum Gasteiger partial charge on any atom is -0.378 e. The van der Waals surface area contributed by atoms with E-state index < -0.39 is 17.2 Å². The van der Waals surface area contributed by atoms with Crippen molar-refractivity contribution in [2.24, 2.45) is 0 Å². The van der Waals surface area contributed by atoms with Gasteiger partial charge in [-0.15, -0.1) is 0 Å². The molecule has 1 aromatic carbocycles. The van der Waals surface area contributed by atoms with E-state index in [1.165, 1.54) is 36.1 Å². The van der Waals surface area contributed by atoms with Gasteiger partial charge in [0.25, 0.3) is 5.91 Å². The van der Waals surface area contributed by atoms with E-state index >= 15 is 0 Å². The van der Waals surface area contributed by atoms with Gasteiger partial charge in [-0.3, -0.25) is 9.59 Å². The van der Waals surface area contributed by atoms with Gasteiger partial charge in [0.1, 0.15) is 11.5 Å². The van der Waals surface area contributed by atoms with Crippen molar-refractivity contribution in [1.82, 2.24) is 15.1 Å². The first-order chi connectivity index (χ1) is 13.6. The normalized spacial score (nSPS) is 14.8. The first kappa shape index (κ1) is 20.2. The standard InChI is InChI=1S/C21H26FN3O3/c1-15-14-19(26)20(24-25(15)18-11-6-5-10-17(18)22)21(27)23-12-7-13-28-16-8-3-2-4-9-16/h5-6,10-11,14,16H,2-4,7-9,12-13H2,1H3,(H,23,27). The number of amides is 1. The van der Waals surface area contributed by atoms with E-state index in [0.717, 1.165) is 12.8 Å². The van der Waals surface area contributed by atoms with E-state index in [1.54, 1.807) is 25.1 Å². The Morgan fingerprint density at radius 2 is 2.04 bits per heavy atom. The van der Waals surface area contributed by atoms with Gasteiger partial charge >= 0.3 is 0 Å². The van der Waals surface area contributed by atoms with Crippen LogP contribution in [0.3, 0.4) is 0 Å². The number of hydrogen-bond acceptors (Lipinski definition) is 4. The summed E-state index contributed by atoms with van der Waals surface area (Å²) in [6.45, 7) is 2.61. The van der Waals surface area contributed by atoms with Crippen molar-refractivity contribution in [2.45, 2.75) is 51.6 Å². The van der Waals surface area contributed by atoms with Crippen LogP contribution in [0.1, 0.15) is 54.7 Å². The number of ether oxygens (including phenoxy) is 1. The fourth-order valence-corrected chi connectivity index (χ4v) is 3.41. The number of para-hydroxylation sites is 1. The number of carbonyl (C=O) groups is 1. The Kier molecular flexibility index (Phi) is 6.92. The lowest BCUT2D eigenvalue weighted by molar-refractivity contribution is 0.0273. The van der Waals surface area contributed by atoms with Gasteiger partial charge in [0, 0.05) is 24.9 Å². The third-order valence-electron chi connectivity index (χ3n) is 4.92. The molecule has 1 saturated carbocycles. The molecule has 2 aromatic rings. The van der Waals surface area contributed by atoms with Crippen LogP contribution in [-0.4, -0.2) is 34.9 Å². The molecule has 1 aromatic heterocycles. The Hall–Kier alpha value is -2.54. The smallest absolute Gasteiger partial charge is 0.275 e. The number of rotatable bonds is 7. The van der Waals surface area contributed by atoms with Crippen molar-refractivity contribution in [1.29, 1.82) is 0 Å². The van der Waals surface area contributed by atoms with Gasteiger partial charge < -0.3 is 10.1 Å². The highest BCUT2D eigenvalue weighted by atomic mass is 19.1. The monoisotopic (exact) mass is 387 g/mol. The van der Waals surface area contributed by atoms with Crippen LogP contribution in [0.4, 0.5) is 4.39 Å². The third-order valence-corrected chi connectivity index (χ3v) is 4.92. The largest absolute Gasteiger partial charge is 0.378 e. The van der Waals surface area contributed by atoms with Crippen molar-refractivity contribution in [3.63, 3.8) is 0 Å². The number of halogens is 1. The lowest BCUT2D eigenvalue weighted by Crippen LogP contribution is -2.33. The topological polar surface area (TPSA) is 73.2 Å². The highest BCUT2D eigenvalue weighted by molar-refractivity contribution is 5.92. The maximum Gasteiger partial charge on any atom is 0.275 e. The molecule has 0 aliphatic heterocycles. The van der Waals surface area contributed by atoms with Gasteiger partial charge in [0.15, 0.2) is 5.69 Å². The van der Waals surface area contributed by atoms with Gasteiger partial charge in [0.2, 0.25) is 5.43 Å². The molecule has 0 saturated heterocycles. The summed E-state index contributed by atoms with van der Waals surface area (Å²) in [5, 5.41) is 6.80. The average molecular weight is 387 g/mol. The summed E-state index contributed by atoms with van der Waals surface area (Å²) in [5.74, 6) is -1.04. The number of carbonyl (C=O) groups excluding carboxylic acids is 1. The Bertz CT molecular complexity index is 875. The second kappa shape index (κ2) is 9.59. The molecule has 0 atom stereocenters. The van der Waals surface area contributed by atoms with E-state index in [1.807, 2.05) is 0 Å². The Balaban J connectivity index is 1.59. The average Bonchev–Trinajstić information content (AvgIpc) is 2.69. The maximum atomic E-state index is 14.1.